The van der Waals surface area contributed by atoms with Crippen molar-refractivity contribution in [1.82, 2.24) is 15.2 Å². The van der Waals surface area contributed by atoms with Gasteiger partial charge in [0, 0.05) is 47.0 Å². The number of pyridine rings is 1. The van der Waals surface area contributed by atoms with Gasteiger partial charge in [0.2, 0.25) is 0 Å². The number of halogens is 3. The molecule has 5 nitrogen and oxygen atoms in total. The summed E-state index contributed by atoms with van der Waals surface area (Å²) < 4.78 is 25.4. The lowest BCUT2D eigenvalue weighted by atomic mass is 10.2. The van der Waals surface area contributed by atoms with Crippen LogP contribution in [0, 0.1) is 3.57 Å². The predicted molar refractivity (Wildman–Crippen MR) is 104 cm³/mol. The summed E-state index contributed by atoms with van der Waals surface area (Å²) in [6.07, 6.45) is -1.18. The van der Waals surface area contributed by atoms with Gasteiger partial charge in [0.05, 0.1) is 5.52 Å². The van der Waals surface area contributed by atoms with Crippen LogP contribution in [0.2, 0.25) is 0 Å². The van der Waals surface area contributed by atoms with Crippen LogP contribution < -0.4 is 10.6 Å². The second-order valence-corrected chi connectivity index (χ2v) is 6.72. The normalized spacial score (nSPS) is 11.3. The zero-order valence-electron chi connectivity index (χ0n) is 13.9. The Morgan fingerprint density at radius 3 is 2.76 bits per heavy atom. The molecule has 0 saturated carbocycles. The molecule has 0 aliphatic heterocycles. The Bertz CT molecular complexity index is 714. The zero-order chi connectivity index (χ0) is 18.2. The quantitative estimate of drug-likeness (QED) is 0.563. The maximum Gasteiger partial charge on any atom is 0.315 e. The van der Waals surface area contributed by atoms with Crippen molar-refractivity contribution in [3.8, 4) is 0 Å². The number of nitrogens with one attached hydrogen (secondary N) is 2. The Hall–Kier alpha value is -1.55. The fourth-order valence-electron chi connectivity index (χ4n) is 2.47. The van der Waals surface area contributed by atoms with Crippen molar-refractivity contribution in [2.45, 2.75) is 13.3 Å². The summed E-state index contributed by atoms with van der Waals surface area (Å²) in [7, 11) is 0. The highest BCUT2D eigenvalue weighted by molar-refractivity contribution is 14.1. The number of benzene rings is 1. The number of fused-ring (bicyclic) bond motifs is 1. The summed E-state index contributed by atoms with van der Waals surface area (Å²) in [6.45, 7) is 4.98. The Balaban J connectivity index is 1.83. The van der Waals surface area contributed by atoms with Gasteiger partial charge < -0.3 is 15.5 Å². The van der Waals surface area contributed by atoms with Crippen LogP contribution in [0.5, 0.6) is 0 Å². The molecule has 0 radical (unpaired) electrons. The molecule has 25 heavy (non-hydrogen) atoms. The van der Waals surface area contributed by atoms with Crippen molar-refractivity contribution < 1.29 is 13.6 Å². The fourth-order valence-corrected chi connectivity index (χ4v) is 2.94. The molecule has 0 unspecified atom stereocenters. The van der Waals surface area contributed by atoms with Crippen molar-refractivity contribution in [2.75, 3.05) is 38.0 Å². The SMILES string of the molecule is CCN(CCNC(=O)C(F)F)CCNc1ccnc2cc(I)ccc12. The van der Waals surface area contributed by atoms with Gasteiger partial charge in [0.25, 0.3) is 5.91 Å². The van der Waals surface area contributed by atoms with Crippen LogP contribution in [0.25, 0.3) is 10.9 Å². The molecule has 0 atom stereocenters. The number of amides is 1. The molecule has 2 N–H and O–H groups in total. The Kier molecular flexibility index (Phi) is 7.76. The third-order valence-electron chi connectivity index (χ3n) is 3.82. The second kappa shape index (κ2) is 9.81. The van der Waals surface area contributed by atoms with E-state index in [1.54, 1.807) is 6.20 Å². The maximum atomic E-state index is 12.1. The van der Waals surface area contributed by atoms with E-state index in [1.807, 2.05) is 31.2 Å². The van der Waals surface area contributed by atoms with Crippen LogP contribution in [0.1, 0.15) is 6.92 Å². The summed E-state index contributed by atoms with van der Waals surface area (Å²) in [4.78, 5) is 17.3. The summed E-state index contributed by atoms with van der Waals surface area (Å²) >= 11 is 2.26. The van der Waals surface area contributed by atoms with Crippen LogP contribution in [0.4, 0.5) is 14.5 Å². The number of alkyl halides is 2. The van der Waals surface area contributed by atoms with Gasteiger partial charge in [-0.15, -0.1) is 0 Å². The van der Waals surface area contributed by atoms with E-state index in [0.29, 0.717) is 13.1 Å². The van der Waals surface area contributed by atoms with E-state index in [1.165, 1.54) is 0 Å². The van der Waals surface area contributed by atoms with E-state index in [-0.39, 0.29) is 6.54 Å². The summed E-state index contributed by atoms with van der Waals surface area (Å²) in [5.74, 6) is -1.22. The number of hydrogen-bond donors (Lipinski definition) is 2. The van der Waals surface area contributed by atoms with E-state index in [9.17, 15) is 13.6 Å². The molecule has 2 rings (SSSR count). The van der Waals surface area contributed by atoms with E-state index in [4.69, 9.17) is 0 Å². The third-order valence-corrected chi connectivity index (χ3v) is 4.49. The third kappa shape index (κ3) is 6.03. The molecule has 2 aromatic rings. The molecule has 0 spiro atoms. The van der Waals surface area contributed by atoms with E-state index >= 15 is 0 Å². The summed E-state index contributed by atoms with van der Waals surface area (Å²) in [5, 5.41) is 6.69. The number of aromatic nitrogens is 1. The van der Waals surface area contributed by atoms with Crippen molar-refractivity contribution in [3.05, 3.63) is 34.0 Å². The topological polar surface area (TPSA) is 57.3 Å². The van der Waals surface area contributed by atoms with Crippen LogP contribution in [-0.4, -0.2) is 54.9 Å². The molecule has 1 aromatic carbocycles. The van der Waals surface area contributed by atoms with E-state index in [2.05, 4.69) is 43.1 Å². The van der Waals surface area contributed by atoms with Crippen LogP contribution >= 0.6 is 22.6 Å². The Morgan fingerprint density at radius 2 is 2.04 bits per heavy atom. The van der Waals surface area contributed by atoms with Gasteiger partial charge in [-0.2, -0.15) is 8.78 Å². The first kappa shape index (κ1) is 19.8. The summed E-state index contributed by atoms with van der Waals surface area (Å²) in [5.41, 5.74) is 1.96. The number of likely N-dealkylation sites (N-methyl/N-ethyl adjacent to an activating group) is 1. The van der Waals surface area contributed by atoms with Crippen molar-refractivity contribution in [1.29, 1.82) is 0 Å². The van der Waals surface area contributed by atoms with Gasteiger partial charge >= 0.3 is 6.43 Å². The van der Waals surface area contributed by atoms with Gasteiger partial charge in [-0.25, -0.2) is 0 Å². The highest BCUT2D eigenvalue weighted by atomic mass is 127. The van der Waals surface area contributed by atoms with Gasteiger partial charge in [-0.1, -0.05) is 6.92 Å². The monoisotopic (exact) mass is 462 g/mol. The largest absolute Gasteiger partial charge is 0.383 e. The number of carbonyl (C=O) groups is 1. The van der Waals surface area contributed by atoms with Crippen molar-refractivity contribution >= 4 is 45.1 Å². The lowest BCUT2D eigenvalue weighted by Crippen LogP contribution is -2.39. The molecule has 0 bridgehead atoms. The Labute approximate surface area is 159 Å². The minimum Gasteiger partial charge on any atom is -0.383 e. The van der Waals surface area contributed by atoms with Gasteiger partial charge in [-0.3, -0.25) is 9.78 Å². The Morgan fingerprint density at radius 1 is 1.28 bits per heavy atom. The lowest BCUT2D eigenvalue weighted by Gasteiger charge is -2.21. The maximum absolute atomic E-state index is 12.1. The van der Waals surface area contributed by atoms with Crippen LogP contribution in [0.3, 0.4) is 0 Å². The number of nitrogens with zero attached hydrogens (tertiary/aromatic N) is 2. The molecule has 136 valence electrons. The van der Waals surface area contributed by atoms with Gasteiger partial charge in [-0.05, 0) is 53.4 Å². The minimum absolute atomic E-state index is 0.216. The smallest absolute Gasteiger partial charge is 0.315 e. The average Bonchev–Trinajstić information content (AvgIpc) is 2.59. The molecule has 1 amide bonds. The van der Waals surface area contributed by atoms with E-state index in [0.717, 1.165) is 33.3 Å². The van der Waals surface area contributed by atoms with Crippen molar-refractivity contribution in [3.63, 3.8) is 0 Å². The summed E-state index contributed by atoms with van der Waals surface area (Å²) in [6, 6.07) is 8.06. The lowest BCUT2D eigenvalue weighted by molar-refractivity contribution is -0.131. The molecule has 0 aliphatic rings. The van der Waals surface area contributed by atoms with Crippen LogP contribution in [-0.2, 0) is 4.79 Å². The van der Waals surface area contributed by atoms with Gasteiger partial charge in [0.1, 0.15) is 0 Å². The molecule has 1 aromatic heterocycles. The molecular formula is C17H21F2IN4O. The minimum atomic E-state index is -2.96. The second-order valence-electron chi connectivity index (χ2n) is 5.47. The fraction of sp³-hybridized carbons (Fsp3) is 0.412. The first-order valence-corrected chi connectivity index (χ1v) is 9.15. The standard InChI is InChI=1S/C17H21F2IN4O/c1-2-24(10-8-23-17(25)16(18)19)9-7-22-14-5-6-21-15-11-12(20)3-4-13(14)15/h3-6,11,16H,2,7-10H2,1H3,(H,21,22)(H,23,25). The van der Waals surface area contributed by atoms with E-state index < -0.39 is 12.3 Å². The number of rotatable bonds is 9. The molecule has 0 saturated heterocycles. The molecular weight excluding hydrogens is 441 g/mol. The van der Waals surface area contributed by atoms with Crippen LogP contribution in [0.15, 0.2) is 30.5 Å². The molecule has 8 heteroatoms. The zero-order valence-corrected chi connectivity index (χ0v) is 16.1. The number of hydrogen-bond acceptors (Lipinski definition) is 4. The predicted octanol–water partition coefficient (Wildman–Crippen LogP) is 2.95. The van der Waals surface area contributed by atoms with Crippen molar-refractivity contribution in [2.24, 2.45) is 0 Å². The number of carbonyl (C=O) groups excluding carboxylic acids is 1. The molecule has 1 heterocycles. The molecule has 0 fully saturated rings. The average molecular weight is 462 g/mol. The molecule has 0 aliphatic carbocycles. The first-order valence-electron chi connectivity index (χ1n) is 8.07. The highest BCUT2D eigenvalue weighted by Gasteiger charge is 2.14. The van der Waals surface area contributed by atoms with Gasteiger partial charge in [0.15, 0.2) is 0 Å². The highest BCUT2D eigenvalue weighted by Crippen LogP contribution is 2.22. The first-order chi connectivity index (χ1) is 12.0. The number of anilines is 1.